The van der Waals surface area contributed by atoms with Crippen LogP contribution >= 0.6 is 0 Å². The molecule has 0 radical (unpaired) electrons. The summed E-state index contributed by atoms with van der Waals surface area (Å²) in [5.41, 5.74) is 1.16. The van der Waals surface area contributed by atoms with Gasteiger partial charge in [-0.25, -0.2) is 17.2 Å². The molecule has 1 N–H and O–H groups in total. The van der Waals surface area contributed by atoms with E-state index < -0.39 is 21.7 Å². The monoisotopic (exact) mass is 349 g/mol. The zero-order chi connectivity index (χ0) is 17.2. The van der Waals surface area contributed by atoms with Gasteiger partial charge in [0.15, 0.2) is 11.6 Å². The van der Waals surface area contributed by atoms with Gasteiger partial charge in [0.1, 0.15) is 0 Å². The maximum atomic E-state index is 13.2. The molecule has 0 aliphatic heterocycles. The van der Waals surface area contributed by atoms with Gasteiger partial charge in [-0.2, -0.15) is 5.10 Å². The first-order valence-electron chi connectivity index (χ1n) is 6.98. The number of sulfonamides is 1. The summed E-state index contributed by atoms with van der Waals surface area (Å²) in [7, 11) is -4.01. The number of anilines is 1. The smallest absolute Gasteiger partial charge is 0.261 e. The van der Waals surface area contributed by atoms with Gasteiger partial charge in [-0.05, 0) is 42.0 Å². The van der Waals surface area contributed by atoms with Crippen molar-refractivity contribution in [2.24, 2.45) is 0 Å². The summed E-state index contributed by atoms with van der Waals surface area (Å²) < 4.78 is 54.8. The number of nitrogens with zero attached hydrogens (tertiary/aromatic N) is 2. The molecule has 0 saturated heterocycles. The minimum atomic E-state index is -4.01. The Bertz CT molecular complexity index is 957. The number of hydrogen-bond acceptors (Lipinski definition) is 3. The third-order valence-corrected chi connectivity index (χ3v) is 4.66. The van der Waals surface area contributed by atoms with Crippen LogP contribution in [0.3, 0.4) is 0 Å². The van der Waals surface area contributed by atoms with Crippen LogP contribution in [0.5, 0.6) is 0 Å². The normalized spacial score (nSPS) is 11.4. The number of aromatic nitrogens is 2. The van der Waals surface area contributed by atoms with Gasteiger partial charge in [0.2, 0.25) is 0 Å². The second kappa shape index (κ2) is 6.40. The fourth-order valence-electron chi connectivity index (χ4n) is 2.17. The van der Waals surface area contributed by atoms with Gasteiger partial charge >= 0.3 is 0 Å². The Hall–Kier alpha value is -2.74. The second-order valence-electron chi connectivity index (χ2n) is 5.09. The van der Waals surface area contributed by atoms with Crippen molar-refractivity contribution in [3.05, 3.63) is 78.1 Å². The van der Waals surface area contributed by atoms with Crippen LogP contribution in [0.2, 0.25) is 0 Å². The Balaban J connectivity index is 1.83. The Morgan fingerprint density at radius 3 is 2.58 bits per heavy atom. The molecule has 5 nitrogen and oxygen atoms in total. The molecule has 0 amide bonds. The van der Waals surface area contributed by atoms with Gasteiger partial charge < -0.3 is 0 Å². The van der Waals surface area contributed by atoms with Gasteiger partial charge in [0.25, 0.3) is 10.0 Å². The first-order chi connectivity index (χ1) is 11.4. The predicted octanol–water partition coefficient (Wildman–Crippen LogP) is 3.01. The van der Waals surface area contributed by atoms with Crippen molar-refractivity contribution < 1.29 is 17.2 Å². The molecule has 0 unspecified atom stereocenters. The highest BCUT2D eigenvalue weighted by atomic mass is 32.2. The molecule has 3 rings (SSSR count). The maximum Gasteiger partial charge on any atom is 0.261 e. The summed E-state index contributed by atoms with van der Waals surface area (Å²) >= 11 is 0. The Morgan fingerprint density at radius 1 is 1.04 bits per heavy atom. The molecule has 3 aromatic rings. The highest BCUT2D eigenvalue weighted by molar-refractivity contribution is 7.92. The van der Waals surface area contributed by atoms with E-state index in [0.717, 1.165) is 17.7 Å². The van der Waals surface area contributed by atoms with Crippen LogP contribution in [0, 0.1) is 11.6 Å². The van der Waals surface area contributed by atoms with Crippen molar-refractivity contribution in [2.75, 3.05) is 4.72 Å². The van der Waals surface area contributed by atoms with E-state index in [4.69, 9.17) is 0 Å². The van der Waals surface area contributed by atoms with E-state index in [1.165, 1.54) is 0 Å². The van der Waals surface area contributed by atoms with Crippen LogP contribution in [0.4, 0.5) is 14.5 Å². The molecule has 0 bridgehead atoms. The van der Waals surface area contributed by atoms with Gasteiger partial charge in [-0.15, -0.1) is 0 Å². The fourth-order valence-corrected chi connectivity index (χ4v) is 3.23. The fraction of sp³-hybridized carbons (Fsp3) is 0.0625. The quantitative estimate of drug-likeness (QED) is 0.770. The van der Waals surface area contributed by atoms with Crippen LogP contribution in [-0.2, 0) is 16.6 Å². The first-order valence-corrected chi connectivity index (χ1v) is 8.46. The van der Waals surface area contributed by atoms with Crippen LogP contribution in [0.25, 0.3) is 0 Å². The number of hydrogen-bond donors (Lipinski definition) is 1. The van der Waals surface area contributed by atoms with Crippen molar-refractivity contribution in [1.82, 2.24) is 9.78 Å². The SMILES string of the molecule is O=S(=O)(Nc1cccc(Cn2cccn2)c1)c1ccc(F)c(F)c1. The Kier molecular flexibility index (Phi) is 4.30. The molecule has 0 aliphatic rings. The zero-order valence-electron chi connectivity index (χ0n) is 12.4. The van der Waals surface area contributed by atoms with Crippen molar-refractivity contribution in [1.29, 1.82) is 0 Å². The van der Waals surface area contributed by atoms with Crippen LogP contribution < -0.4 is 4.72 Å². The van der Waals surface area contributed by atoms with E-state index in [1.807, 2.05) is 6.07 Å². The summed E-state index contributed by atoms with van der Waals surface area (Å²) in [6.45, 7) is 0.480. The summed E-state index contributed by atoms with van der Waals surface area (Å²) in [6.07, 6.45) is 3.44. The van der Waals surface area contributed by atoms with Crippen LogP contribution in [-0.4, -0.2) is 18.2 Å². The summed E-state index contributed by atoms with van der Waals surface area (Å²) in [6, 6.07) is 11.0. The lowest BCUT2D eigenvalue weighted by molar-refractivity contribution is 0.504. The molecule has 24 heavy (non-hydrogen) atoms. The Morgan fingerprint density at radius 2 is 1.88 bits per heavy atom. The van der Waals surface area contributed by atoms with Gasteiger partial charge in [0.05, 0.1) is 11.4 Å². The molecule has 0 aliphatic carbocycles. The molecular formula is C16H13F2N3O2S. The average Bonchev–Trinajstić information content (AvgIpc) is 3.03. The zero-order valence-corrected chi connectivity index (χ0v) is 13.2. The minimum Gasteiger partial charge on any atom is -0.280 e. The van der Waals surface area contributed by atoms with E-state index in [9.17, 15) is 17.2 Å². The molecule has 0 atom stereocenters. The summed E-state index contributed by atoms with van der Waals surface area (Å²) in [5.74, 6) is -2.32. The summed E-state index contributed by atoms with van der Waals surface area (Å²) in [5, 5.41) is 4.08. The summed E-state index contributed by atoms with van der Waals surface area (Å²) in [4.78, 5) is -0.348. The second-order valence-corrected chi connectivity index (χ2v) is 6.77. The molecule has 0 spiro atoms. The van der Waals surface area contributed by atoms with Crippen LogP contribution in [0.15, 0.2) is 65.8 Å². The van der Waals surface area contributed by atoms with Crippen molar-refractivity contribution in [2.45, 2.75) is 11.4 Å². The maximum absolute atomic E-state index is 13.2. The molecule has 0 fully saturated rings. The van der Waals surface area contributed by atoms with Gasteiger partial charge in [-0.1, -0.05) is 12.1 Å². The van der Waals surface area contributed by atoms with E-state index in [-0.39, 0.29) is 4.90 Å². The number of nitrogens with one attached hydrogen (secondary N) is 1. The van der Waals surface area contributed by atoms with Gasteiger partial charge in [0, 0.05) is 18.1 Å². The minimum absolute atomic E-state index is 0.324. The van der Waals surface area contributed by atoms with Crippen LogP contribution in [0.1, 0.15) is 5.56 Å². The molecule has 124 valence electrons. The van der Waals surface area contributed by atoms with E-state index in [1.54, 1.807) is 41.3 Å². The lowest BCUT2D eigenvalue weighted by Crippen LogP contribution is -2.13. The first kappa shape index (κ1) is 16.1. The lowest BCUT2D eigenvalue weighted by atomic mass is 10.2. The molecule has 0 saturated carbocycles. The topological polar surface area (TPSA) is 64.0 Å². The van der Waals surface area contributed by atoms with Crippen molar-refractivity contribution in [3.63, 3.8) is 0 Å². The lowest BCUT2D eigenvalue weighted by Gasteiger charge is -2.10. The number of halogens is 2. The van der Waals surface area contributed by atoms with E-state index in [0.29, 0.717) is 18.3 Å². The largest absolute Gasteiger partial charge is 0.280 e. The van der Waals surface area contributed by atoms with E-state index in [2.05, 4.69) is 9.82 Å². The number of benzene rings is 2. The molecule has 2 aromatic carbocycles. The Labute approximate surface area is 137 Å². The third kappa shape index (κ3) is 3.60. The van der Waals surface area contributed by atoms with E-state index >= 15 is 0 Å². The highest BCUT2D eigenvalue weighted by Gasteiger charge is 2.16. The van der Waals surface area contributed by atoms with Gasteiger partial charge in [-0.3, -0.25) is 9.40 Å². The average molecular weight is 349 g/mol. The third-order valence-electron chi connectivity index (χ3n) is 3.28. The molecule has 8 heteroatoms. The van der Waals surface area contributed by atoms with Crippen molar-refractivity contribution in [3.8, 4) is 0 Å². The molecular weight excluding hydrogens is 336 g/mol. The predicted molar refractivity (Wildman–Crippen MR) is 84.9 cm³/mol. The van der Waals surface area contributed by atoms with Crippen molar-refractivity contribution >= 4 is 15.7 Å². The standard InChI is InChI=1S/C16H13F2N3O2S/c17-15-6-5-14(10-16(15)18)24(22,23)20-13-4-1-3-12(9-13)11-21-8-2-7-19-21/h1-10,20H,11H2. The number of rotatable bonds is 5. The molecule has 1 aromatic heterocycles. The molecule has 1 heterocycles. The highest BCUT2D eigenvalue weighted by Crippen LogP contribution is 2.19.